The van der Waals surface area contributed by atoms with E-state index in [2.05, 4.69) is 0 Å². The number of hydrogen-bond acceptors (Lipinski definition) is 21. The first kappa shape index (κ1) is 83.5. The molecule has 36 heteroatoms. The van der Waals surface area contributed by atoms with Crippen LogP contribution in [0.4, 0.5) is 0 Å². The summed E-state index contributed by atoms with van der Waals surface area (Å²) >= 11 is 0. The number of hydrogen-bond donors (Lipinski definition) is 2. The molecular formula is H2Al2Ca4O23P2Si5. The molecule has 36 heavy (non-hydrogen) atoms. The Morgan fingerprint density at radius 2 is 0.389 bits per heavy atom. The van der Waals surface area contributed by atoms with E-state index in [1.54, 1.807) is 0 Å². The minimum atomic E-state index is -5.14. The van der Waals surface area contributed by atoms with Crippen LogP contribution in [0.5, 0.6) is 0 Å². The van der Waals surface area contributed by atoms with Crippen molar-refractivity contribution in [2.45, 2.75) is 0 Å². The predicted octanol–water partition coefficient (Wildman–Crippen LogP) is -21.1. The molecule has 0 rings (SSSR count). The van der Waals surface area contributed by atoms with Crippen LogP contribution in [0.3, 0.4) is 0 Å². The SMILES string of the molecule is O=P([O-])([O-])O.O=P([O-])([O-])O.O=[Si]([O-])[O-].O=[Si]([O-])[O-].O=[Si]([O-])[O-].O=[Si]([O-])[O-].O=[Si]([O-])[O-].[Al+3].[Al+3].[Ca+2].[Ca+2].[Ca+2].[Ca+2]. The minimum absolute atomic E-state index is 0. The second kappa shape index (κ2) is 58.9. The molecule has 0 aromatic heterocycles. The first-order valence-electron chi connectivity index (χ1n) is 4.56. The van der Waals surface area contributed by atoms with Crippen molar-refractivity contribution >= 4 is 247 Å². The van der Waals surface area contributed by atoms with Crippen molar-refractivity contribution in [3.8, 4) is 0 Å². The van der Waals surface area contributed by atoms with E-state index in [4.69, 9.17) is 109 Å². The van der Waals surface area contributed by atoms with Gasteiger partial charge in [0.2, 0.25) is 0 Å². The van der Waals surface area contributed by atoms with Crippen LogP contribution < -0.4 is 67.5 Å². The van der Waals surface area contributed by atoms with E-state index in [1.165, 1.54) is 0 Å². The molecular weight excluding hydrogens is 785 g/mol. The Morgan fingerprint density at radius 3 is 0.389 bits per heavy atom. The Bertz CT molecular complexity index is 453. The molecule has 2 N–H and O–H groups in total. The van der Waals surface area contributed by atoms with Crippen molar-refractivity contribution in [2.75, 3.05) is 0 Å². The van der Waals surface area contributed by atoms with Crippen LogP contribution in [0.1, 0.15) is 0 Å². The van der Waals surface area contributed by atoms with Crippen molar-refractivity contribution in [2.24, 2.45) is 0 Å². The summed E-state index contributed by atoms with van der Waals surface area (Å²) in [5.41, 5.74) is 0. The van der Waals surface area contributed by atoms with Crippen LogP contribution in [0, 0.1) is 0 Å². The smallest absolute Gasteiger partial charge is 0.790 e. The van der Waals surface area contributed by atoms with Gasteiger partial charge in [-0.2, -0.15) is 0 Å². The van der Waals surface area contributed by atoms with Gasteiger partial charge in [-0.3, -0.25) is 0 Å². The fourth-order valence-corrected chi connectivity index (χ4v) is 0. The molecule has 0 heterocycles. The molecule has 0 amide bonds. The third kappa shape index (κ3) is 2770. The van der Waals surface area contributed by atoms with E-state index < -0.39 is 61.5 Å². The van der Waals surface area contributed by atoms with E-state index >= 15 is 0 Å². The monoisotopic (exact) mass is 786 g/mol. The molecule has 0 saturated heterocycles. The van der Waals surface area contributed by atoms with Crippen molar-refractivity contribution in [1.82, 2.24) is 0 Å². The third-order valence-corrected chi connectivity index (χ3v) is 0. The van der Waals surface area contributed by atoms with E-state index in [-0.39, 0.29) is 186 Å². The molecule has 0 saturated carbocycles. The van der Waals surface area contributed by atoms with Gasteiger partial charge < -0.3 is 109 Å². The van der Waals surface area contributed by atoms with Crippen molar-refractivity contribution in [3.05, 3.63) is 0 Å². The summed E-state index contributed by atoms with van der Waals surface area (Å²) in [4.78, 5) is 134. The molecule has 0 unspecified atom stereocenters. The van der Waals surface area contributed by atoms with Crippen LogP contribution in [-0.4, -0.2) is 241 Å². The van der Waals surface area contributed by atoms with Gasteiger partial charge in [-0.1, -0.05) is 0 Å². The number of phosphoric acid groups is 2. The van der Waals surface area contributed by atoms with Gasteiger partial charge in [-0.05, 0) is 0 Å². The summed E-state index contributed by atoms with van der Waals surface area (Å²) in [7, 11) is -28.4. The van der Waals surface area contributed by atoms with E-state index in [0.717, 1.165) is 0 Å². The summed E-state index contributed by atoms with van der Waals surface area (Å²) in [6, 6.07) is 0. The molecule has 184 valence electrons. The molecule has 0 aromatic rings. The average Bonchev–Trinajstić information content (AvgIpc) is 2.16. The van der Waals surface area contributed by atoms with E-state index in [9.17, 15) is 0 Å². The Labute approximate surface area is 349 Å². The Kier molecular flexibility index (Phi) is 137. The third-order valence-electron chi connectivity index (χ3n) is 0. The zero-order valence-corrected chi connectivity index (χ0v) is 34.8. The maximum absolute atomic E-state index is 8.66. The van der Waals surface area contributed by atoms with Gasteiger partial charge in [0.25, 0.3) is 0 Å². The van der Waals surface area contributed by atoms with Crippen molar-refractivity contribution in [1.29, 1.82) is 0 Å². The Balaban J connectivity index is -0.0000000152. The minimum Gasteiger partial charge on any atom is -0.790 e. The van der Waals surface area contributed by atoms with Gasteiger partial charge in [0.1, 0.15) is 0 Å². The average molecular weight is 787 g/mol. The molecule has 0 bridgehead atoms. The molecule has 0 aromatic carbocycles. The van der Waals surface area contributed by atoms with Gasteiger partial charge in [0, 0.05) is 45.9 Å². The van der Waals surface area contributed by atoms with Gasteiger partial charge >= 0.3 is 186 Å². The fraction of sp³-hybridized carbons (Fsp3) is 0. The molecule has 0 fully saturated rings. The second-order valence-electron chi connectivity index (χ2n) is 2.19. The quantitative estimate of drug-likeness (QED) is 0.170. The predicted molar refractivity (Wildman–Crippen MR) is 86.4 cm³/mol. The van der Waals surface area contributed by atoms with E-state index in [1.807, 2.05) is 0 Å². The second-order valence-corrected chi connectivity index (χ2v) is 6.56. The van der Waals surface area contributed by atoms with Crippen LogP contribution in [0.25, 0.3) is 0 Å². The molecule has 0 aliphatic heterocycles. The van der Waals surface area contributed by atoms with Crippen LogP contribution in [0.15, 0.2) is 0 Å². The van der Waals surface area contributed by atoms with Crippen molar-refractivity contribution in [3.63, 3.8) is 0 Å². The first-order chi connectivity index (χ1) is 12.7. The largest absolute Gasteiger partial charge is 3.00 e. The first-order valence-corrected chi connectivity index (χ1v) is 13.7. The van der Waals surface area contributed by atoms with Crippen LogP contribution >= 0.6 is 15.6 Å². The van der Waals surface area contributed by atoms with Gasteiger partial charge in [-0.25, -0.2) is 0 Å². The van der Waals surface area contributed by atoms with Crippen LogP contribution in [-0.2, 0) is 31.4 Å². The van der Waals surface area contributed by atoms with E-state index in [0.29, 0.717) is 0 Å². The summed E-state index contributed by atoms with van der Waals surface area (Å²) in [5.74, 6) is 0. The molecule has 0 spiro atoms. The van der Waals surface area contributed by atoms with Gasteiger partial charge in [0.15, 0.2) is 0 Å². The zero-order valence-electron chi connectivity index (χ0n) is 16.8. The molecule has 23 nitrogen and oxygen atoms in total. The van der Waals surface area contributed by atoms with Crippen molar-refractivity contribution < 1.29 is 109 Å². The van der Waals surface area contributed by atoms with Crippen LogP contribution in [0.2, 0.25) is 0 Å². The topological polar surface area (TPSA) is 483 Å². The zero-order chi connectivity index (χ0) is 26.9. The molecule has 0 aliphatic rings. The number of rotatable bonds is 0. The normalized spacial score (nSPS) is 6.61. The molecule has 0 aliphatic carbocycles. The summed E-state index contributed by atoms with van der Waals surface area (Å²) in [5, 5.41) is 0. The Morgan fingerprint density at radius 1 is 0.389 bits per heavy atom. The fourth-order valence-electron chi connectivity index (χ4n) is 0. The summed E-state index contributed by atoms with van der Waals surface area (Å²) in [6.45, 7) is 0. The molecule has 0 atom stereocenters. The molecule has 0 radical (unpaired) electrons. The Hall–Kier alpha value is 4.41. The van der Waals surface area contributed by atoms with Gasteiger partial charge in [0.05, 0.1) is 15.6 Å². The summed E-state index contributed by atoms with van der Waals surface area (Å²) in [6.07, 6.45) is 0. The van der Waals surface area contributed by atoms with Gasteiger partial charge in [-0.15, -0.1) is 0 Å². The maximum Gasteiger partial charge on any atom is 3.00 e. The maximum atomic E-state index is 8.66. The standard InChI is InChI=1S/2Al.4Ca.2H3O4P.5O3Si/c;;;;;;2*1-5(2,3)4;5*1-4(2)3/h;;;;;;2*(H3,1,2,3,4);;;;;/q2*+3;4*+2;;;5*-2/p-4. The summed E-state index contributed by atoms with van der Waals surface area (Å²) < 4.78 is 59.9.